The Morgan fingerprint density at radius 1 is 1.00 bits per heavy atom. The van der Waals surface area contributed by atoms with Crippen molar-refractivity contribution in [2.75, 3.05) is 13.2 Å². The van der Waals surface area contributed by atoms with Crippen LogP contribution in [0.5, 0.6) is 0 Å². The SMILES string of the molecule is c1ccc(COCC[C@@H]2CCC[C@@H]3CCCCN32)cc1. The highest BCUT2D eigenvalue weighted by Crippen LogP contribution is 2.31. The van der Waals surface area contributed by atoms with Gasteiger partial charge in [-0.1, -0.05) is 43.2 Å². The number of fused-ring (bicyclic) bond motifs is 1. The minimum absolute atomic E-state index is 0.761. The predicted molar refractivity (Wildman–Crippen MR) is 82.7 cm³/mol. The molecule has 0 aliphatic carbocycles. The van der Waals surface area contributed by atoms with Crippen molar-refractivity contribution >= 4 is 0 Å². The second-order valence-corrected chi connectivity index (χ2v) is 6.30. The summed E-state index contributed by atoms with van der Waals surface area (Å²) >= 11 is 0. The molecule has 3 rings (SSSR count). The molecule has 0 radical (unpaired) electrons. The number of rotatable bonds is 5. The van der Waals surface area contributed by atoms with Gasteiger partial charge in [0, 0.05) is 18.7 Å². The van der Waals surface area contributed by atoms with Crippen molar-refractivity contribution in [1.82, 2.24) is 4.90 Å². The fourth-order valence-electron chi connectivity index (χ4n) is 3.86. The lowest BCUT2D eigenvalue weighted by molar-refractivity contribution is 0.0248. The molecule has 0 amide bonds. The van der Waals surface area contributed by atoms with E-state index >= 15 is 0 Å². The van der Waals surface area contributed by atoms with Crippen LogP contribution in [0.25, 0.3) is 0 Å². The van der Waals surface area contributed by atoms with Crippen LogP contribution in [0, 0.1) is 0 Å². The van der Waals surface area contributed by atoms with Crippen molar-refractivity contribution in [2.45, 2.75) is 63.6 Å². The molecule has 2 aliphatic heterocycles. The number of benzene rings is 1. The number of hydrogen-bond acceptors (Lipinski definition) is 2. The van der Waals surface area contributed by atoms with E-state index in [-0.39, 0.29) is 0 Å². The van der Waals surface area contributed by atoms with Crippen molar-refractivity contribution < 1.29 is 4.74 Å². The Morgan fingerprint density at radius 3 is 2.75 bits per heavy atom. The first-order valence-electron chi connectivity index (χ1n) is 8.31. The summed E-state index contributed by atoms with van der Waals surface area (Å²) < 4.78 is 5.88. The fourth-order valence-corrected chi connectivity index (χ4v) is 3.86. The van der Waals surface area contributed by atoms with E-state index in [9.17, 15) is 0 Å². The molecular weight excluding hydrogens is 246 g/mol. The maximum Gasteiger partial charge on any atom is 0.0716 e. The first kappa shape index (κ1) is 14.1. The molecule has 2 fully saturated rings. The zero-order valence-electron chi connectivity index (χ0n) is 12.5. The third-order valence-corrected chi connectivity index (χ3v) is 4.92. The van der Waals surface area contributed by atoms with Gasteiger partial charge < -0.3 is 4.74 Å². The van der Waals surface area contributed by atoms with Crippen LogP contribution in [0.4, 0.5) is 0 Å². The summed E-state index contributed by atoms with van der Waals surface area (Å²) in [5.41, 5.74) is 1.28. The minimum atomic E-state index is 0.761. The molecule has 0 N–H and O–H groups in total. The van der Waals surface area contributed by atoms with Gasteiger partial charge in [-0.25, -0.2) is 0 Å². The van der Waals surface area contributed by atoms with Gasteiger partial charge in [-0.3, -0.25) is 4.90 Å². The van der Waals surface area contributed by atoms with E-state index in [1.807, 2.05) is 0 Å². The Labute approximate surface area is 123 Å². The van der Waals surface area contributed by atoms with Crippen LogP contribution in [0.2, 0.25) is 0 Å². The molecule has 110 valence electrons. The molecular formula is C18H27NO. The summed E-state index contributed by atoms with van der Waals surface area (Å²) in [5, 5.41) is 0. The zero-order chi connectivity index (χ0) is 13.6. The molecule has 2 heterocycles. The Morgan fingerprint density at radius 2 is 1.85 bits per heavy atom. The summed E-state index contributed by atoms with van der Waals surface area (Å²) in [5.74, 6) is 0. The Hall–Kier alpha value is -0.860. The van der Waals surface area contributed by atoms with Crippen molar-refractivity contribution in [1.29, 1.82) is 0 Å². The highest BCUT2D eigenvalue weighted by atomic mass is 16.5. The van der Waals surface area contributed by atoms with Crippen LogP contribution < -0.4 is 0 Å². The fraction of sp³-hybridized carbons (Fsp3) is 0.667. The zero-order valence-corrected chi connectivity index (χ0v) is 12.5. The van der Waals surface area contributed by atoms with Crippen LogP contribution >= 0.6 is 0 Å². The Kier molecular flexibility index (Phi) is 5.10. The number of hydrogen-bond donors (Lipinski definition) is 0. The lowest BCUT2D eigenvalue weighted by Gasteiger charge is -2.45. The maximum atomic E-state index is 5.88. The third kappa shape index (κ3) is 3.62. The summed E-state index contributed by atoms with van der Waals surface area (Å²) in [6, 6.07) is 12.2. The lowest BCUT2D eigenvalue weighted by Crippen LogP contribution is -2.49. The van der Waals surface area contributed by atoms with Crippen LogP contribution in [-0.4, -0.2) is 30.1 Å². The second kappa shape index (κ2) is 7.24. The molecule has 0 spiro atoms. The standard InChI is InChI=1S/C18H27NO/c1-2-7-16(8-3-1)15-20-14-12-18-11-6-10-17-9-4-5-13-19(17)18/h1-3,7-8,17-18H,4-6,9-15H2/t17-,18-/m0/s1. The normalized spacial score (nSPS) is 27.2. The summed E-state index contributed by atoms with van der Waals surface area (Å²) in [6.45, 7) is 2.99. The molecule has 2 saturated heterocycles. The number of piperidine rings is 2. The molecule has 2 heteroatoms. The van der Waals surface area contributed by atoms with Gasteiger partial charge in [0.2, 0.25) is 0 Å². The smallest absolute Gasteiger partial charge is 0.0716 e. The van der Waals surface area contributed by atoms with E-state index in [4.69, 9.17) is 4.74 Å². The van der Waals surface area contributed by atoms with Gasteiger partial charge in [-0.15, -0.1) is 0 Å². The molecule has 0 unspecified atom stereocenters. The minimum Gasteiger partial charge on any atom is -0.377 e. The average Bonchev–Trinajstić information content (AvgIpc) is 2.53. The average molecular weight is 273 g/mol. The van der Waals surface area contributed by atoms with Gasteiger partial charge in [0.1, 0.15) is 0 Å². The summed E-state index contributed by atoms with van der Waals surface area (Å²) in [4.78, 5) is 2.79. The molecule has 2 aliphatic rings. The van der Waals surface area contributed by atoms with E-state index in [1.165, 1.54) is 57.1 Å². The maximum absolute atomic E-state index is 5.88. The molecule has 0 saturated carbocycles. The van der Waals surface area contributed by atoms with Gasteiger partial charge in [-0.2, -0.15) is 0 Å². The van der Waals surface area contributed by atoms with Crippen LogP contribution in [0.15, 0.2) is 30.3 Å². The van der Waals surface area contributed by atoms with Gasteiger partial charge >= 0.3 is 0 Å². The molecule has 1 aromatic carbocycles. The number of nitrogens with zero attached hydrogens (tertiary/aromatic N) is 1. The largest absolute Gasteiger partial charge is 0.377 e. The number of ether oxygens (including phenoxy) is 1. The van der Waals surface area contributed by atoms with Crippen LogP contribution in [0.3, 0.4) is 0 Å². The van der Waals surface area contributed by atoms with Crippen LogP contribution in [0.1, 0.15) is 50.5 Å². The van der Waals surface area contributed by atoms with E-state index in [0.29, 0.717) is 0 Å². The monoisotopic (exact) mass is 273 g/mol. The summed E-state index contributed by atoms with van der Waals surface area (Å²) in [7, 11) is 0. The topological polar surface area (TPSA) is 12.5 Å². The first-order chi connectivity index (χ1) is 9.93. The van der Waals surface area contributed by atoms with Gasteiger partial charge in [0.05, 0.1) is 6.61 Å². The third-order valence-electron chi connectivity index (χ3n) is 4.92. The Balaban J connectivity index is 1.41. The Bertz CT molecular complexity index is 390. The molecule has 0 bridgehead atoms. The van der Waals surface area contributed by atoms with Gasteiger partial charge in [0.25, 0.3) is 0 Å². The molecule has 20 heavy (non-hydrogen) atoms. The van der Waals surface area contributed by atoms with Crippen molar-refractivity contribution in [3.8, 4) is 0 Å². The van der Waals surface area contributed by atoms with Gasteiger partial charge in [0.15, 0.2) is 0 Å². The van der Waals surface area contributed by atoms with Crippen LogP contribution in [-0.2, 0) is 11.3 Å². The summed E-state index contributed by atoms with van der Waals surface area (Å²) in [6.07, 6.45) is 9.72. The van der Waals surface area contributed by atoms with Crippen molar-refractivity contribution in [2.24, 2.45) is 0 Å². The molecule has 2 atom stereocenters. The van der Waals surface area contributed by atoms with Gasteiger partial charge in [-0.05, 0) is 44.2 Å². The molecule has 0 aromatic heterocycles. The quantitative estimate of drug-likeness (QED) is 0.752. The highest BCUT2D eigenvalue weighted by molar-refractivity contribution is 5.13. The lowest BCUT2D eigenvalue weighted by atomic mass is 9.88. The van der Waals surface area contributed by atoms with E-state index in [0.717, 1.165) is 25.3 Å². The predicted octanol–water partition coefficient (Wildman–Crippen LogP) is 4.00. The van der Waals surface area contributed by atoms with E-state index in [1.54, 1.807) is 0 Å². The second-order valence-electron chi connectivity index (χ2n) is 6.30. The molecule has 2 nitrogen and oxygen atoms in total. The highest BCUT2D eigenvalue weighted by Gasteiger charge is 2.31. The van der Waals surface area contributed by atoms with Crippen molar-refractivity contribution in [3.63, 3.8) is 0 Å². The van der Waals surface area contributed by atoms with Crippen molar-refractivity contribution in [3.05, 3.63) is 35.9 Å². The van der Waals surface area contributed by atoms with E-state index in [2.05, 4.69) is 35.2 Å². The molecule has 1 aromatic rings. The first-order valence-corrected chi connectivity index (χ1v) is 8.31. The van der Waals surface area contributed by atoms with E-state index < -0.39 is 0 Å².